The second kappa shape index (κ2) is 5.69. The van der Waals surface area contributed by atoms with Crippen molar-refractivity contribution in [2.45, 2.75) is 19.3 Å². The molecular weight excluding hydrogens is 178 g/mol. The summed E-state index contributed by atoms with van der Waals surface area (Å²) in [6.07, 6.45) is 3.70. The van der Waals surface area contributed by atoms with Crippen LogP contribution in [0.2, 0.25) is 0 Å². The Morgan fingerprint density at radius 2 is 1.50 bits per heavy atom. The van der Waals surface area contributed by atoms with Crippen molar-refractivity contribution in [3.8, 4) is 0 Å². The molecule has 0 radical (unpaired) electrons. The van der Waals surface area contributed by atoms with Crippen LogP contribution >= 0.6 is 0 Å². The summed E-state index contributed by atoms with van der Waals surface area (Å²) in [5.74, 6) is 1.60. The molecule has 0 aliphatic carbocycles. The maximum atomic E-state index is 5.34. The van der Waals surface area contributed by atoms with Crippen molar-refractivity contribution < 1.29 is 9.47 Å². The molecule has 0 aromatic rings. The number of rotatable bonds is 4. The van der Waals surface area contributed by atoms with Crippen LogP contribution in [-0.2, 0) is 9.47 Å². The summed E-state index contributed by atoms with van der Waals surface area (Å²) < 4.78 is 10.7. The van der Waals surface area contributed by atoms with Gasteiger partial charge < -0.3 is 14.8 Å². The lowest BCUT2D eigenvalue weighted by molar-refractivity contribution is 0.0660. The minimum atomic E-state index is 0.759. The first-order valence-electron chi connectivity index (χ1n) is 5.81. The third-order valence-electron chi connectivity index (χ3n) is 3.23. The predicted molar refractivity (Wildman–Crippen MR) is 55.3 cm³/mol. The first-order chi connectivity index (χ1) is 6.95. The average Bonchev–Trinajstić information content (AvgIpc) is 2.72. The fourth-order valence-electron chi connectivity index (χ4n) is 2.19. The van der Waals surface area contributed by atoms with Gasteiger partial charge in [0.25, 0.3) is 0 Å². The Kier molecular flexibility index (Phi) is 4.22. The molecule has 82 valence electrons. The summed E-state index contributed by atoms with van der Waals surface area (Å²) in [4.78, 5) is 0. The largest absolute Gasteiger partial charge is 0.381 e. The molecule has 3 heteroatoms. The summed E-state index contributed by atoms with van der Waals surface area (Å²) >= 11 is 0. The van der Waals surface area contributed by atoms with E-state index in [1.54, 1.807) is 0 Å². The van der Waals surface area contributed by atoms with Gasteiger partial charge in [-0.15, -0.1) is 0 Å². The monoisotopic (exact) mass is 199 g/mol. The van der Waals surface area contributed by atoms with Crippen molar-refractivity contribution in [1.82, 2.24) is 5.32 Å². The number of ether oxygens (including phenoxy) is 2. The summed E-state index contributed by atoms with van der Waals surface area (Å²) in [7, 11) is 0. The lowest BCUT2D eigenvalue weighted by Crippen LogP contribution is -2.31. The minimum Gasteiger partial charge on any atom is -0.381 e. The van der Waals surface area contributed by atoms with E-state index in [0.29, 0.717) is 0 Å². The Balaban J connectivity index is 1.52. The normalized spacial score (nSPS) is 29.6. The zero-order valence-corrected chi connectivity index (χ0v) is 8.84. The Morgan fingerprint density at radius 1 is 0.857 bits per heavy atom. The zero-order valence-electron chi connectivity index (χ0n) is 8.84. The molecule has 2 rings (SSSR count). The molecular formula is C11H21NO2. The molecule has 2 saturated heterocycles. The Labute approximate surface area is 86.2 Å². The van der Waals surface area contributed by atoms with Gasteiger partial charge in [0.1, 0.15) is 0 Å². The Hall–Kier alpha value is -0.120. The molecule has 0 spiro atoms. The topological polar surface area (TPSA) is 30.5 Å². The molecule has 0 aromatic carbocycles. The highest BCUT2D eigenvalue weighted by molar-refractivity contribution is 4.70. The molecule has 3 nitrogen and oxygen atoms in total. The van der Waals surface area contributed by atoms with E-state index < -0.39 is 0 Å². The van der Waals surface area contributed by atoms with Crippen molar-refractivity contribution in [3.63, 3.8) is 0 Å². The van der Waals surface area contributed by atoms with Crippen LogP contribution in [-0.4, -0.2) is 39.5 Å². The molecule has 14 heavy (non-hydrogen) atoms. The van der Waals surface area contributed by atoms with Gasteiger partial charge >= 0.3 is 0 Å². The fraction of sp³-hybridized carbons (Fsp3) is 1.00. The van der Waals surface area contributed by atoms with Gasteiger partial charge in [-0.1, -0.05) is 0 Å². The second-order valence-corrected chi connectivity index (χ2v) is 4.44. The van der Waals surface area contributed by atoms with Crippen molar-refractivity contribution in [2.75, 3.05) is 39.5 Å². The summed E-state index contributed by atoms with van der Waals surface area (Å²) in [5.41, 5.74) is 0. The minimum absolute atomic E-state index is 0.759. The molecule has 2 fully saturated rings. The molecule has 0 bridgehead atoms. The molecule has 1 N–H and O–H groups in total. The van der Waals surface area contributed by atoms with Crippen molar-refractivity contribution >= 4 is 0 Å². The van der Waals surface area contributed by atoms with E-state index in [1.165, 1.54) is 25.8 Å². The van der Waals surface area contributed by atoms with Gasteiger partial charge in [0.15, 0.2) is 0 Å². The number of nitrogens with one attached hydrogen (secondary N) is 1. The number of hydrogen-bond acceptors (Lipinski definition) is 3. The van der Waals surface area contributed by atoms with Crippen LogP contribution in [0.5, 0.6) is 0 Å². The van der Waals surface area contributed by atoms with Crippen LogP contribution in [0.4, 0.5) is 0 Å². The van der Waals surface area contributed by atoms with Crippen LogP contribution in [0.1, 0.15) is 19.3 Å². The molecule has 0 aromatic heterocycles. The van der Waals surface area contributed by atoms with E-state index in [-0.39, 0.29) is 0 Å². The second-order valence-electron chi connectivity index (χ2n) is 4.44. The smallest absolute Gasteiger partial charge is 0.0507 e. The third kappa shape index (κ3) is 3.23. The van der Waals surface area contributed by atoms with E-state index in [1.807, 2.05) is 0 Å². The van der Waals surface area contributed by atoms with Gasteiger partial charge in [-0.2, -0.15) is 0 Å². The fourth-order valence-corrected chi connectivity index (χ4v) is 2.19. The molecule has 0 saturated carbocycles. The predicted octanol–water partition coefficient (Wildman–Crippen LogP) is 1.04. The molecule has 1 unspecified atom stereocenters. The lowest BCUT2D eigenvalue weighted by Gasteiger charge is -2.22. The molecule has 2 aliphatic rings. The van der Waals surface area contributed by atoms with Gasteiger partial charge in [-0.05, 0) is 37.6 Å². The summed E-state index contributed by atoms with van der Waals surface area (Å²) in [6.45, 7) is 6.14. The first-order valence-corrected chi connectivity index (χ1v) is 5.81. The summed E-state index contributed by atoms with van der Waals surface area (Å²) in [6, 6.07) is 0. The highest BCUT2D eigenvalue weighted by atomic mass is 16.5. The van der Waals surface area contributed by atoms with Crippen LogP contribution in [0, 0.1) is 11.8 Å². The lowest BCUT2D eigenvalue weighted by atomic mass is 10.00. The van der Waals surface area contributed by atoms with E-state index in [0.717, 1.165) is 44.8 Å². The Bertz CT molecular complexity index is 151. The molecule has 1 atom stereocenters. The SMILES string of the molecule is C1CC(CNCC2CCOC2)CCO1. The van der Waals surface area contributed by atoms with Crippen LogP contribution < -0.4 is 5.32 Å². The van der Waals surface area contributed by atoms with E-state index in [4.69, 9.17) is 9.47 Å². The van der Waals surface area contributed by atoms with Crippen molar-refractivity contribution in [1.29, 1.82) is 0 Å². The number of hydrogen-bond donors (Lipinski definition) is 1. The average molecular weight is 199 g/mol. The van der Waals surface area contributed by atoms with Crippen molar-refractivity contribution in [2.24, 2.45) is 11.8 Å². The molecule has 2 heterocycles. The van der Waals surface area contributed by atoms with Gasteiger partial charge in [0, 0.05) is 26.4 Å². The standard InChI is InChI=1S/C11H21NO2/c1-4-13-5-2-10(1)7-12-8-11-3-6-14-9-11/h10-12H,1-9H2. The van der Waals surface area contributed by atoms with Crippen LogP contribution in [0.3, 0.4) is 0 Å². The third-order valence-corrected chi connectivity index (χ3v) is 3.23. The van der Waals surface area contributed by atoms with Crippen molar-refractivity contribution in [3.05, 3.63) is 0 Å². The summed E-state index contributed by atoms with van der Waals surface area (Å²) in [5, 5.41) is 3.56. The van der Waals surface area contributed by atoms with Gasteiger partial charge in [0.2, 0.25) is 0 Å². The van der Waals surface area contributed by atoms with Crippen LogP contribution in [0.15, 0.2) is 0 Å². The van der Waals surface area contributed by atoms with Gasteiger partial charge in [0.05, 0.1) is 6.61 Å². The highest BCUT2D eigenvalue weighted by Gasteiger charge is 2.17. The van der Waals surface area contributed by atoms with E-state index in [9.17, 15) is 0 Å². The van der Waals surface area contributed by atoms with Crippen LogP contribution in [0.25, 0.3) is 0 Å². The van der Waals surface area contributed by atoms with Gasteiger partial charge in [-0.25, -0.2) is 0 Å². The first kappa shape index (κ1) is 10.4. The highest BCUT2D eigenvalue weighted by Crippen LogP contribution is 2.14. The van der Waals surface area contributed by atoms with E-state index in [2.05, 4.69) is 5.32 Å². The molecule has 2 aliphatic heterocycles. The zero-order chi connectivity index (χ0) is 9.64. The molecule has 0 amide bonds. The maximum Gasteiger partial charge on any atom is 0.0507 e. The quantitative estimate of drug-likeness (QED) is 0.734. The van der Waals surface area contributed by atoms with Gasteiger partial charge in [-0.3, -0.25) is 0 Å². The maximum absolute atomic E-state index is 5.34. The van der Waals surface area contributed by atoms with E-state index >= 15 is 0 Å². The Morgan fingerprint density at radius 3 is 2.21 bits per heavy atom.